The normalized spacial score (nSPS) is 16.4. The van der Waals surface area contributed by atoms with Gasteiger partial charge >= 0.3 is 11.7 Å². The number of para-hydroxylation sites is 1. The topological polar surface area (TPSA) is 127 Å². The zero-order valence-corrected chi connectivity index (χ0v) is 11.4. The number of carboxylic acids is 1. The van der Waals surface area contributed by atoms with Crippen molar-refractivity contribution in [2.45, 2.75) is 17.7 Å². The first-order valence-electron chi connectivity index (χ1n) is 5.86. The van der Waals surface area contributed by atoms with E-state index in [9.17, 15) is 27.7 Å². The number of rotatable bonds is 6. The van der Waals surface area contributed by atoms with Gasteiger partial charge in [0.25, 0.3) is 0 Å². The molecule has 10 heteroatoms. The molecule has 2 rings (SSSR count). The van der Waals surface area contributed by atoms with Crippen LogP contribution in [0.25, 0.3) is 0 Å². The van der Waals surface area contributed by atoms with Crippen LogP contribution in [0.1, 0.15) is 12.8 Å². The monoisotopic (exact) mass is 318 g/mol. The molecule has 1 aromatic carbocycles. The highest BCUT2D eigenvalue weighted by molar-refractivity contribution is 7.89. The number of hydrogen-bond acceptors (Lipinski definition) is 5. The molecule has 0 bridgehead atoms. The first-order valence-corrected chi connectivity index (χ1v) is 7.34. The van der Waals surface area contributed by atoms with Crippen molar-refractivity contribution < 1.29 is 27.6 Å². The molecule has 0 radical (unpaired) electrons. The number of carbonyl (C=O) groups is 1. The second kappa shape index (κ2) is 5.04. The highest BCUT2D eigenvalue weighted by Crippen LogP contribution is 2.45. The zero-order chi connectivity index (χ0) is 15.8. The third kappa shape index (κ3) is 2.85. The average molecular weight is 318 g/mol. The van der Waals surface area contributed by atoms with Crippen molar-refractivity contribution in [3.8, 4) is 0 Å². The fourth-order valence-corrected chi connectivity index (χ4v) is 3.12. The Kier molecular flexibility index (Phi) is 3.68. The van der Waals surface area contributed by atoms with Crippen LogP contribution in [0.5, 0.6) is 0 Å². The number of halogens is 1. The Morgan fingerprint density at radius 3 is 2.57 bits per heavy atom. The highest BCUT2D eigenvalue weighted by atomic mass is 32.2. The number of hydrogen-bond donors (Lipinski definition) is 2. The fraction of sp³-hybridized carbons (Fsp3) is 0.364. The fourth-order valence-electron chi connectivity index (χ4n) is 1.82. The molecule has 2 N–H and O–H groups in total. The van der Waals surface area contributed by atoms with Crippen molar-refractivity contribution >= 4 is 21.7 Å². The van der Waals surface area contributed by atoms with Gasteiger partial charge in [0.1, 0.15) is 0 Å². The van der Waals surface area contributed by atoms with Crippen LogP contribution >= 0.6 is 0 Å². The molecule has 8 nitrogen and oxygen atoms in total. The van der Waals surface area contributed by atoms with E-state index < -0.39 is 49.3 Å². The van der Waals surface area contributed by atoms with Crippen molar-refractivity contribution in [1.82, 2.24) is 4.72 Å². The third-order valence-corrected chi connectivity index (χ3v) is 4.76. The Hall–Kier alpha value is -2.07. The number of benzene rings is 1. The third-order valence-electron chi connectivity index (χ3n) is 3.33. The molecule has 0 heterocycles. The van der Waals surface area contributed by atoms with Crippen molar-refractivity contribution in [3.63, 3.8) is 0 Å². The standard InChI is InChI=1S/C11H11FN2O6S/c12-7-2-1-3-8(9(7)14(17)18)21(19,20)13-6-11(4-5-11)10(15)16/h1-3,13H,4-6H2,(H,15,16). The van der Waals surface area contributed by atoms with Gasteiger partial charge < -0.3 is 5.11 Å². The minimum atomic E-state index is -4.38. The van der Waals surface area contributed by atoms with Gasteiger partial charge in [0, 0.05) is 6.54 Å². The number of aliphatic carboxylic acids is 1. The van der Waals surface area contributed by atoms with Gasteiger partial charge in [-0.3, -0.25) is 14.9 Å². The number of nitrogens with one attached hydrogen (secondary N) is 1. The van der Waals surface area contributed by atoms with E-state index in [0.717, 1.165) is 18.2 Å². The molecule has 1 aromatic rings. The Morgan fingerprint density at radius 1 is 1.48 bits per heavy atom. The van der Waals surface area contributed by atoms with Crippen LogP contribution in [-0.4, -0.2) is 31.0 Å². The lowest BCUT2D eigenvalue weighted by Crippen LogP contribution is -2.34. The largest absolute Gasteiger partial charge is 0.481 e. The Labute approximate surface area is 118 Å². The van der Waals surface area contributed by atoms with Gasteiger partial charge in [-0.1, -0.05) is 6.07 Å². The minimum absolute atomic E-state index is 0.316. The van der Waals surface area contributed by atoms with Gasteiger partial charge in [-0.2, -0.15) is 4.39 Å². The maximum atomic E-state index is 13.4. The second-order valence-corrected chi connectivity index (χ2v) is 6.49. The van der Waals surface area contributed by atoms with E-state index in [1.54, 1.807) is 0 Å². The average Bonchev–Trinajstić information content (AvgIpc) is 3.17. The van der Waals surface area contributed by atoms with Crippen LogP contribution in [0.3, 0.4) is 0 Å². The van der Waals surface area contributed by atoms with E-state index in [1.807, 2.05) is 4.72 Å². The van der Waals surface area contributed by atoms with E-state index in [0.29, 0.717) is 12.8 Å². The molecular weight excluding hydrogens is 307 g/mol. The van der Waals surface area contributed by atoms with Gasteiger partial charge in [-0.05, 0) is 25.0 Å². The summed E-state index contributed by atoms with van der Waals surface area (Å²) < 4.78 is 39.5. The summed E-state index contributed by atoms with van der Waals surface area (Å²) in [6.45, 7) is -0.391. The van der Waals surface area contributed by atoms with Gasteiger partial charge in [-0.15, -0.1) is 0 Å². The summed E-state index contributed by atoms with van der Waals surface area (Å²) >= 11 is 0. The van der Waals surface area contributed by atoms with E-state index in [-0.39, 0.29) is 0 Å². The first kappa shape index (κ1) is 15.3. The van der Waals surface area contributed by atoms with Gasteiger partial charge in [0.2, 0.25) is 15.8 Å². The number of nitro groups is 1. The van der Waals surface area contributed by atoms with Gasteiger partial charge in [-0.25, -0.2) is 13.1 Å². The van der Waals surface area contributed by atoms with E-state index in [2.05, 4.69) is 0 Å². The number of carboxylic acid groups (broad SMARTS) is 1. The van der Waals surface area contributed by atoms with E-state index in [4.69, 9.17) is 5.11 Å². The van der Waals surface area contributed by atoms with E-state index >= 15 is 0 Å². The van der Waals surface area contributed by atoms with Crippen LogP contribution in [0.4, 0.5) is 10.1 Å². The molecular formula is C11H11FN2O6S. The molecule has 0 atom stereocenters. The Morgan fingerprint density at radius 2 is 2.10 bits per heavy atom. The SMILES string of the molecule is O=C(O)C1(CNS(=O)(=O)c2cccc(F)c2[N+](=O)[O-])CC1. The smallest absolute Gasteiger partial charge is 0.324 e. The minimum Gasteiger partial charge on any atom is -0.481 e. The van der Waals surface area contributed by atoms with Crippen LogP contribution in [-0.2, 0) is 14.8 Å². The highest BCUT2D eigenvalue weighted by Gasteiger charge is 2.50. The molecule has 1 aliphatic carbocycles. The lowest BCUT2D eigenvalue weighted by molar-refractivity contribution is -0.390. The van der Waals surface area contributed by atoms with Crippen LogP contribution in [0.15, 0.2) is 23.1 Å². The molecule has 0 unspecified atom stereocenters. The predicted molar refractivity (Wildman–Crippen MR) is 67.5 cm³/mol. The summed E-state index contributed by atoms with van der Waals surface area (Å²) in [6, 6.07) is 2.70. The molecule has 0 spiro atoms. The summed E-state index contributed by atoms with van der Waals surface area (Å²) in [5, 5.41) is 19.7. The lowest BCUT2D eigenvalue weighted by atomic mass is 10.1. The molecule has 0 amide bonds. The molecule has 1 saturated carbocycles. The van der Waals surface area contributed by atoms with Gasteiger partial charge in [0.05, 0.1) is 10.3 Å². The maximum absolute atomic E-state index is 13.4. The van der Waals surface area contributed by atoms with Crippen molar-refractivity contribution in [2.24, 2.45) is 5.41 Å². The molecule has 1 aliphatic rings. The molecule has 1 fully saturated rings. The number of nitrogens with zero attached hydrogens (tertiary/aromatic N) is 1. The Bertz CT molecular complexity index is 713. The summed E-state index contributed by atoms with van der Waals surface area (Å²) in [6.07, 6.45) is 0.631. The molecule has 21 heavy (non-hydrogen) atoms. The molecule has 0 aromatic heterocycles. The van der Waals surface area contributed by atoms with E-state index in [1.165, 1.54) is 0 Å². The number of sulfonamides is 1. The predicted octanol–water partition coefficient (Wildman–Crippen LogP) is 0.877. The quantitative estimate of drug-likeness (QED) is 0.592. The zero-order valence-electron chi connectivity index (χ0n) is 10.6. The van der Waals surface area contributed by atoms with Crippen LogP contribution in [0, 0.1) is 21.3 Å². The summed E-state index contributed by atoms with van der Waals surface area (Å²) in [4.78, 5) is 19.8. The molecule has 114 valence electrons. The Balaban J connectivity index is 2.31. The van der Waals surface area contributed by atoms with Gasteiger partial charge in [0.15, 0.2) is 4.90 Å². The van der Waals surface area contributed by atoms with Crippen molar-refractivity contribution in [1.29, 1.82) is 0 Å². The van der Waals surface area contributed by atoms with Crippen LogP contribution in [0.2, 0.25) is 0 Å². The summed E-state index contributed by atoms with van der Waals surface area (Å²) in [5.41, 5.74) is -2.33. The summed E-state index contributed by atoms with van der Waals surface area (Å²) in [7, 11) is -4.38. The molecule has 0 saturated heterocycles. The van der Waals surface area contributed by atoms with Crippen LogP contribution < -0.4 is 4.72 Å². The number of nitro benzene ring substituents is 1. The molecule has 0 aliphatic heterocycles. The maximum Gasteiger partial charge on any atom is 0.324 e. The lowest BCUT2D eigenvalue weighted by Gasteiger charge is -2.11. The van der Waals surface area contributed by atoms with Crippen molar-refractivity contribution in [2.75, 3.05) is 6.54 Å². The second-order valence-electron chi connectivity index (χ2n) is 4.75. The van der Waals surface area contributed by atoms with Crippen molar-refractivity contribution in [3.05, 3.63) is 34.1 Å². The first-order chi connectivity index (χ1) is 9.69. The summed E-state index contributed by atoms with van der Waals surface area (Å²) in [5.74, 6) is -2.42.